The summed E-state index contributed by atoms with van der Waals surface area (Å²) in [6.45, 7) is 0.874. The lowest BCUT2D eigenvalue weighted by atomic mass is 10.0. The van der Waals surface area contributed by atoms with Crippen LogP contribution in [0, 0.1) is 0 Å². The molecule has 1 aromatic heterocycles. The number of primary amides is 1. The van der Waals surface area contributed by atoms with Crippen LogP contribution in [0.5, 0.6) is 5.75 Å². The van der Waals surface area contributed by atoms with Crippen LogP contribution >= 0.6 is 0 Å². The average molecular weight is 298 g/mol. The molecule has 0 bridgehead atoms. The number of ether oxygens (including phenoxy) is 1. The van der Waals surface area contributed by atoms with E-state index in [1.54, 1.807) is 13.3 Å². The van der Waals surface area contributed by atoms with Gasteiger partial charge in [0.2, 0.25) is 0 Å². The average Bonchev–Trinajstić information content (AvgIpc) is 3.04. The molecule has 1 unspecified atom stereocenters. The van der Waals surface area contributed by atoms with Gasteiger partial charge >= 0.3 is 0 Å². The molecule has 2 heterocycles. The topological polar surface area (TPSA) is 81.3 Å². The van der Waals surface area contributed by atoms with Crippen LogP contribution in [0.4, 0.5) is 5.82 Å². The quantitative estimate of drug-likeness (QED) is 0.932. The Morgan fingerprint density at radius 2 is 2.27 bits per heavy atom. The van der Waals surface area contributed by atoms with Crippen LogP contribution < -0.4 is 15.4 Å². The summed E-state index contributed by atoms with van der Waals surface area (Å²) in [5, 5.41) is 0. The van der Waals surface area contributed by atoms with Gasteiger partial charge in [-0.25, -0.2) is 4.98 Å². The Morgan fingerprint density at radius 1 is 1.41 bits per heavy atom. The Hall–Kier alpha value is -2.63. The molecule has 22 heavy (non-hydrogen) atoms. The van der Waals surface area contributed by atoms with Gasteiger partial charge in [0.15, 0.2) is 0 Å². The second-order valence-electron chi connectivity index (χ2n) is 5.25. The highest BCUT2D eigenvalue weighted by molar-refractivity contribution is 5.90. The predicted molar refractivity (Wildman–Crippen MR) is 82.9 cm³/mol. The van der Waals surface area contributed by atoms with Gasteiger partial charge in [-0.1, -0.05) is 12.1 Å². The smallest absolute Gasteiger partial charge is 0.268 e. The number of methoxy groups -OCH3 is 1. The molecular formula is C16H18N4O2. The van der Waals surface area contributed by atoms with E-state index in [0.29, 0.717) is 5.82 Å². The fraction of sp³-hybridized carbons (Fsp3) is 0.312. The van der Waals surface area contributed by atoms with Gasteiger partial charge in [-0.05, 0) is 30.5 Å². The van der Waals surface area contributed by atoms with E-state index in [2.05, 4.69) is 20.9 Å². The van der Waals surface area contributed by atoms with Crippen molar-refractivity contribution in [1.29, 1.82) is 0 Å². The highest BCUT2D eigenvalue weighted by Crippen LogP contribution is 2.36. The molecule has 0 spiro atoms. The molecule has 0 saturated carbocycles. The monoisotopic (exact) mass is 298 g/mol. The van der Waals surface area contributed by atoms with Crippen molar-refractivity contribution in [2.24, 2.45) is 5.73 Å². The fourth-order valence-electron chi connectivity index (χ4n) is 2.85. The maximum Gasteiger partial charge on any atom is 0.268 e. The molecule has 114 valence electrons. The largest absolute Gasteiger partial charge is 0.497 e. The number of hydrogen-bond acceptors (Lipinski definition) is 5. The van der Waals surface area contributed by atoms with E-state index >= 15 is 0 Å². The Kier molecular flexibility index (Phi) is 3.91. The lowest BCUT2D eigenvalue weighted by molar-refractivity contribution is 0.0995. The molecule has 0 aliphatic carbocycles. The van der Waals surface area contributed by atoms with Crippen LogP contribution in [0.1, 0.15) is 34.9 Å². The number of hydrogen-bond donors (Lipinski definition) is 1. The Morgan fingerprint density at radius 3 is 3.05 bits per heavy atom. The van der Waals surface area contributed by atoms with Gasteiger partial charge in [0.05, 0.1) is 25.5 Å². The van der Waals surface area contributed by atoms with Crippen LogP contribution in [0.25, 0.3) is 0 Å². The number of carbonyl (C=O) groups excluding carboxylic acids is 1. The van der Waals surface area contributed by atoms with E-state index in [1.165, 1.54) is 11.8 Å². The summed E-state index contributed by atoms with van der Waals surface area (Å²) in [7, 11) is 1.66. The lowest BCUT2D eigenvalue weighted by Gasteiger charge is -2.26. The van der Waals surface area contributed by atoms with Gasteiger partial charge in [0, 0.05) is 6.54 Å². The third-order valence-corrected chi connectivity index (χ3v) is 3.90. The summed E-state index contributed by atoms with van der Waals surface area (Å²) < 4.78 is 5.30. The zero-order valence-electron chi connectivity index (χ0n) is 12.4. The molecule has 2 N–H and O–H groups in total. The first kappa shape index (κ1) is 14.3. The summed E-state index contributed by atoms with van der Waals surface area (Å²) >= 11 is 0. The minimum atomic E-state index is -0.563. The Labute approximate surface area is 128 Å². The van der Waals surface area contributed by atoms with Crippen molar-refractivity contribution in [2.75, 3.05) is 18.6 Å². The van der Waals surface area contributed by atoms with Gasteiger partial charge < -0.3 is 15.4 Å². The molecule has 1 aromatic carbocycles. The SMILES string of the molecule is COc1cccc(C2CCCN2c2cncc(C(N)=O)n2)c1. The molecule has 2 aromatic rings. The van der Waals surface area contributed by atoms with Crippen LogP contribution in [0.2, 0.25) is 0 Å². The third kappa shape index (κ3) is 2.72. The first-order valence-electron chi connectivity index (χ1n) is 7.21. The second kappa shape index (κ2) is 6.01. The molecule has 0 radical (unpaired) electrons. The van der Waals surface area contributed by atoms with Crippen molar-refractivity contribution in [3.8, 4) is 5.75 Å². The number of carbonyl (C=O) groups is 1. The summed E-state index contributed by atoms with van der Waals surface area (Å²) in [6.07, 6.45) is 5.15. The van der Waals surface area contributed by atoms with E-state index in [4.69, 9.17) is 10.5 Å². The summed E-state index contributed by atoms with van der Waals surface area (Å²) in [6, 6.07) is 8.23. The molecule has 1 aliphatic heterocycles. The van der Waals surface area contributed by atoms with Gasteiger partial charge in [0.25, 0.3) is 5.91 Å². The minimum Gasteiger partial charge on any atom is -0.497 e. The zero-order chi connectivity index (χ0) is 15.5. The van der Waals surface area contributed by atoms with Gasteiger partial charge in [-0.3, -0.25) is 9.78 Å². The number of nitrogens with zero attached hydrogens (tertiary/aromatic N) is 3. The molecule has 1 saturated heterocycles. The van der Waals surface area contributed by atoms with E-state index in [0.717, 1.165) is 25.1 Å². The number of anilines is 1. The third-order valence-electron chi connectivity index (χ3n) is 3.90. The van der Waals surface area contributed by atoms with Gasteiger partial charge in [-0.15, -0.1) is 0 Å². The number of rotatable bonds is 4. The highest BCUT2D eigenvalue weighted by atomic mass is 16.5. The normalized spacial score (nSPS) is 17.5. The zero-order valence-corrected chi connectivity index (χ0v) is 12.4. The summed E-state index contributed by atoms with van der Waals surface area (Å²) in [4.78, 5) is 21.9. The molecule has 6 heteroatoms. The van der Waals surface area contributed by atoms with E-state index < -0.39 is 5.91 Å². The molecule has 1 atom stereocenters. The molecule has 1 fully saturated rings. The Balaban J connectivity index is 1.92. The van der Waals surface area contributed by atoms with Crippen molar-refractivity contribution < 1.29 is 9.53 Å². The van der Waals surface area contributed by atoms with Crippen LogP contribution in [0.15, 0.2) is 36.7 Å². The number of aromatic nitrogens is 2. The second-order valence-corrected chi connectivity index (χ2v) is 5.25. The molecule has 1 amide bonds. The van der Waals surface area contributed by atoms with Crippen molar-refractivity contribution in [2.45, 2.75) is 18.9 Å². The molecular weight excluding hydrogens is 280 g/mol. The van der Waals surface area contributed by atoms with Crippen LogP contribution in [0.3, 0.4) is 0 Å². The number of amides is 1. The van der Waals surface area contributed by atoms with Gasteiger partial charge in [0.1, 0.15) is 17.3 Å². The number of nitrogens with two attached hydrogens (primary N) is 1. The van der Waals surface area contributed by atoms with Crippen molar-refractivity contribution in [1.82, 2.24) is 9.97 Å². The van der Waals surface area contributed by atoms with Crippen LogP contribution in [-0.2, 0) is 0 Å². The van der Waals surface area contributed by atoms with Crippen molar-refractivity contribution in [3.05, 3.63) is 47.9 Å². The molecule has 3 rings (SSSR count). The molecule has 1 aliphatic rings. The Bertz CT molecular complexity index is 689. The van der Waals surface area contributed by atoms with E-state index in [1.807, 2.05) is 18.2 Å². The van der Waals surface area contributed by atoms with E-state index in [9.17, 15) is 4.79 Å². The predicted octanol–water partition coefficient (Wildman–Crippen LogP) is 1.93. The number of benzene rings is 1. The minimum absolute atomic E-state index is 0.189. The van der Waals surface area contributed by atoms with Crippen molar-refractivity contribution >= 4 is 11.7 Å². The maximum atomic E-state index is 11.3. The highest BCUT2D eigenvalue weighted by Gasteiger charge is 2.28. The summed E-state index contributed by atoms with van der Waals surface area (Å²) in [5.74, 6) is 0.953. The summed E-state index contributed by atoms with van der Waals surface area (Å²) in [5.41, 5.74) is 6.65. The maximum absolute atomic E-state index is 11.3. The molecule has 6 nitrogen and oxygen atoms in total. The van der Waals surface area contributed by atoms with E-state index in [-0.39, 0.29) is 11.7 Å². The van der Waals surface area contributed by atoms with Crippen LogP contribution in [-0.4, -0.2) is 29.5 Å². The lowest BCUT2D eigenvalue weighted by Crippen LogP contribution is -2.25. The first-order valence-corrected chi connectivity index (χ1v) is 7.21. The fourth-order valence-corrected chi connectivity index (χ4v) is 2.85. The first-order chi connectivity index (χ1) is 10.7. The van der Waals surface area contributed by atoms with Crippen molar-refractivity contribution in [3.63, 3.8) is 0 Å². The standard InChI is InChI=1S/C16H18N4O2/c1-22-12-5-2-4-11(8-12)14-6-3-7-20(14)15-10-18-9-13(19-15)16(17)21/h2,4-5,8-10,14H,3,6-7H2,1H3,(H2,17,21). The van der Waals surface area contributed by atoms with Gasteiger partial charge in [-0.2, -0.15) is 0 Å².